The molecule has 0 aromatic carbocycles. The van der Waals surface area contributed by atoms with E-state index in [0.29, 0.717) is 18.1 Å². The van der Waals surface area contributed by atoms with E-state index in [1.165, 1.54) is 18.7 Å². The molecule has 0 radical (unpaired) electrons. The molecule has 2 rings (SSSR count). The lowest BCUT2D eigenvalue weighted by atomic mass is 10.5. The van der Waals surface area contributed by atoms with Crippen molar-refractivity contribution in [2.75, 3.05) is 11.9 Å². The third-order valence-corrected chi connectivity index (χ3v) is 2.69. The Labute approximate surface area is 111 Å². The molecule has 19 heavy (non-hydrogen) atoms. The summed E-state index contributed by atoms with van der Waals surface area (Å²) in [6, 6.07) is -0.371. The van der Waals surface area contributed by atoms with E-state index in [1.54, 1.807) is 4.57 Å². The number of aromatic carboxylic acids is 1. The van der Waals surface area contributed by atoms with Crippen LogP contribution < -0.4 is 10.6 Å². The molecule has 0 aliphatic rings. The second kappa shape index (κ2) is 5.91. The van der Waals surface area contributed by atoms with Gasteiger partial charge in [0, 0.05) is 30.8 Å². The van der Waals surface area contributed by atoms with E-state index in [1.807, 2.05) is 0 Å². The molecule has 0 aliphatic heterocycles. The summed E-state index contributed by atoms with van der Waals surface area (Å²) >= 11 is 1.07. The van der Waals surface area contributed by atoms with Gasteiger partial charge in [0.1, 0.15) is 5.00 Å². The molecule has 3 N–H and O–H groups in total. The first-order valence-corrected chi connectivity index (χ1v) is 6.00. The summed E-state index contributed by atoms with van der Waals surface area (Å²) in [5.41, 5.74) is -0.0276. The van der Waals surface area contributed by atoms with E-state index in [9.17, 15) is 9.59 Å². The number of rotatable bonds is 5. The third kappa shape index (κ3) is 3.74. The van der Waals surface area contributed by atoms with Crippen molar-refractivity contribution in [3.63, 3.8) is 0 Å². The summed E-state index contributed by atoms with van der Waals surface area (Å²) in [6.45, 7) is 0.766. The van der Waals surface area contributed by atoms with E-state index < -0.39 is 5.97 Å². The lowest BCUT2D eigenvalue weighted by molar-refractivity contribution is 0.0691. The lowest BCUT2D eigenvalue weighted by Crippen LogP contribution is -2.31. The number of nitrogens with one attached hydrogen (secondary N) is 2. The highest BCUT2D eigenvalue weighted by atomic mass is 32.1. The maximum absolute atomic E-state index is 11.4. The van der Waals surface area contributed by atoms with Crippen molar-refractivity contribution in [2.45, 2.75) is 6.54 Å². The van der Waals surface area contributed by atoms with Gasteiger partial charge in [-0.05, 0) is 0 Å². The van der Waals surface area contributed by atoms with Crippen LogP contribution in [0.15, 0.2) is 18.7 Å². The second-order valence-corrected chi connectivity index (χ2v) is 4.25. The van der Waals surface area contributed by atoms with Crippen LogP contribution in [-0.4, -0.2) is 42.8 Å². The Balaban J connectivity index is 1.73. The maximum atomic E-state index is 11.4. The predicted molar refractivity (Wildman–Crippen MR) is 66.1 cm³/mol. The molecule has 2 amide bonds. The van der Waals surface area contributed by atoms with Gasteiger partial charge in [0.15, 0.2) is 5.69 Å². The number of anilines is 1. The zero-order chi connectivity index (χ0) is 13.7. The molecule has 0 fully saturated rings. The molecule has 0 unspecified atom stereocenters. The zero-order valence-electron chi connectivity index (χ0n) is 9.61. The molecule has 2 aromatic rings. The van der Waals surface area contributed by atoms with Crippen LogP contribution in [0.2, 0.25) is 0 Å². The standard InChI is InChI=1S/C9H10N6O3S/c16-8(17)6-4-15(5-11-6)2-1-10-9(18)13-7-3-12-14-19-7/h3-5H,1-2H2,(H,16,17)(H2,10,13,18). The average molecular weight is 282 g/mol. The fraction of sp³-hybridized carbons (Fsp3) is 0.222. The largest absolute Gasteiger partial charge is 0.476 e. The molecule has 10 heteroatoms. The van der Waals surface area contributed by atoms with Gasteiger partial charge >= 0.3 is 12.0 Å². The van der Waals surface area contributed by atoms with Crippen LogP contribution in [0.25, 0.3) is 0 Å². The van der Waals surface area contributed by atoms with E-state index in [4.69, 9.17) is 5.11 Å². The van der Waals surface area contributed by atoms with Crippen LogP contribution >= 0.6 is 11.5 Å². The Morgan fingerprint density at radius 1 is 1.47 bits per heavy atom. The van der Waals surface area contributed by atoms with Gasteiger partial charge in [0.05, 0.1) is 12.5 Å². The van der Waals surface area contributed by atoms with Gasteiger partial charge in [-0.15, -0.1) is 5.10 Å². The van der Waals surface area contributed by atoms with Crippen LogP contribution in [0, 0.1) is 0 Å². The summed E-state index contributed by atoms with van der Waals surface area (Å²) in [7, 11) is 0. The molecule has 0 saturated heterocycles. The number of hydrogen-bond acceptors (Lipinski definition) is 6. The fourth-order valence-corrected chi connectivity index (χ4v) is 1.68. The highest BCUT2D eigenvalue weighted by Gasteiger charge is 2.07. The van der Waals surface area contributed by atoms with E-state index in [0.717, 1.165) is 11.5 Å². The highest BCUT2D eigenvalue weighted by Crippen LogP contribution is 2.07. The van der Waals surface area contributed by atoms with Crippen molar-refractivity contribution in [2.24, 2.45) is 0 Å². The van der Waals surface area contributed by atoms with Crippen LogP contribution in [-0.2, 0) is 6.54 Å². The van der Waals surface area contributed by atoms with Crippen molar-refractivity contribution in [3.05, 3.63) is 24.4 Å². The van der Waals surface area contributed by atoms with Crippen molar-refractivity contribution in [3.8, 4) is 0 Å². The van der Waals surface area contributed by atoms with E-state index >= 15 is 0 Å². The molecule has 0 saturated carbocycles. The lowest BCUT2D eigenvalue weighted by Gasteiger charge is -2.05. The van der Waals surface area contributed by atoms with E-state index in [2.05, 4.69) is 25.2 Å². The first kappa shape index (κ1) is 13.0. The Hall–Kier alpha value is -2.49. The number of aromatic nitrogens is 4. The first-order chi connectivity index (χ1) is 9.15. The van der Waals surface area contributed by atoms with Gasteiger partial charge in [0.25, 0.3) is 0 Å². The van der Waals surface area contributed by atoms with Crippen LogP contribution in [0.5, 0.6) is 0 Å². The minimum Gasteiger partial charge on any atom is -0.476 e. The SMILES string of the molecule is O=C(NCCn1cnc(C(=O)O)c1)Nc1cnns1. The van der Waals surface area contributed by atoms with Crippen LogP contribution in [0.4, 0.5) is 9.80 Å². The number of carboxylic acids is 1. The Kier molecular flexibility index (Phi) is 4.03. The Morgan fingerprint density at radius 2 is 2.32 bits per heavy atom. The van der Waals surface area contributed by atoms with Gasteiger partial charge in [-0.1, -0.05) is 4.49 Å². The van der Waals surface area contributed by atoms with Gasteiger partial charge in [-0.3, -0.25) is 5.32 Å². The molecule has 0 bridgehead atoms. The monoisotopic (exact) mass is 282 g/mol. The van der Waals surface area contributed by atoms with Gasteiger partial charge < -0.3 is 15.0 Å². The zero-order valence-corrected chi connectivity index (χ0v) is 10.4. The van der Waals surface area contributed by atoms with Crippen LogP contribution in [0.1, 0.15) is 10.5 Å². The minimum absolute atomic E-state index is 0.0276. The molecule has 0 spiro atoms. The van der Waals surface area contributed by atoms with Crippen molar-refractivity contribution in [1.82, 2.24) is 24.5 Å². The molecule has 100 valence electrons. The molecule has 9 nitrogen and oxygen atoms in total. The van der Waals surface area contributed by atoms with Gasteiger partial charge in [0.2, 0.25) is 0 Å². The van der Waals surface area contributed by atoms with Crippen molar-refractivity contribution >= 4 is 28.5 Å². The Bertz CT molecular complexity index is 566. The number of carbonyl (C=O) groups excluding carboxylic acids is 1. The van der Waals surface area contributed by atoms with Gasteiger partial charge in [-0.25, -0.2) is 14.6 Å². The number of hydrogen-bond donors (Lipinski definition) is 3. The van der Waals surface area contributed by atoms with Crippen molar-refractivity contribution in [1.29, 1.82) is 0 Å². The second-order valence-electron chi connectivity index (χ2n) is 3.46. The highest BCUT2D eigenvalue weighted by molar-refractivity contribution is 7.10. The summed E-state index contributed by atoms with van der Waals surface area (Å²) < 4.78 is 5.18. The number of amides is 2. The molecule has 2 aromatic heterocycles. The summed E-state index contributed by atoms with van der Waals surface area (Å²) in [6.07, 6.45) is 4.24. The van der Waals surface area contributed by atoms with Crippen LogP contribution in [0.3, 0.4) is 0 Å². The fourth-order valence-electron chi connectivity index (χ4n) is 1.27. The molecular weight excluding hydrogens is 272 g/mol. The quantitative estimate of drug-likeness (QED) is 0.722. The van der Waals surface area contributed by atoms with Crippen molar-refractivity contribution < 1.29 is 14.7 Å². The molecule has 0 atom stereocenters. The third-order valence-electron chi connectivity index (χ3n) is 2.11. The number of imidazole rings is 1. The summed E-state index contributed by atoms with van der Waals surface area (Å²) in [4.78, 5) is 25.7. The predicted octanol–water partition coefficient (Wildman–Crippen LogP) is 0.254. The Morgan fingerprint density at radius 3 is 2.95 bits per heavy atom. The minimum atomic E-state index is -1.08. The summed E-state index contributed by atoms with van der Waals surface area (Å²) in [5.74, 6) is -1.08. The molecule has 0 aliphatic carbocycles. The smallest absolute Gasteiger partial charge is 0.356 e. The number of urea groups is 1. The number of nitrogens with zero attached hydrogens (tertiary/aromatic N) is 4. The van der Waals surface area contributed by atoms with Gasteiger partial charge in [-0.2, -0.15) is 0 Å². The molecule has 2 heterocycles. The first-order valence-electron chi connectivity index (χ1n) is 5.22. The number of carbonyl (C=O) groups is 2. The molecular formula is C9H10N6O3S. The maximum Gasteiger partial charge on any atom is 0.356 e. The topological polar surface area (TPSA) is 122 Å². The van der Waals surface area contributed by atoms with E-state index in [-0.39, 0.29) is 11.7 Å². The normalized spacial score (nSPS) is 10.1. The number of carboxylic acid groups (broad SMARTS) is 1. The average Bonchev–Trinajstić information content (AvgIpc) is 3.00. The summed E-state index contributed by atoms with van der Waals surface area (Å²) in [5, 5.41) is 18.0.